The van der Waals surface area contributed by atoms with Gasteiger partial charge in [0, 0.05) is 0 Å². The molecule has 2 aliphatic rings. The van der Waals surface area contributed by atoms with Gasteiger partial charge >= 0.3 is 0 Å². The van der Waals surface area contributed by atoms with E-state index in [2.05, 4.69) is 84.9 Å². The Morgan fingerprint density at radius 3 is 0.939 bits per heavy atom. The minimum absolute atomic E-state index is 0. The lowest BCUT2D eigenvalue weighted by Gasteiger charge is -2.17. The van der Waals surface area contributed by atoms with Gasteiger partial charge in [-0.1, -0.05) is 92.4 Å². The fraction of sp³-hybridized carbons (Fsp3) is 0.273. The van der Waals surface area contributed by atoms with Crippen molar-refractivity contribution in [3.05, 3.63) is 107 Å². The molecule has 166 valence electrons. The van der Waals surface area contributed by atoms with Crippen LogP contribution in [0, 0.1) is 0 Å². The highest BCUT2D eigenvalue weighted by Crippen LogP contribution is 2.31. The van der Waals surface area contributed by atoms with Crippen LogP contribution in [0.4, 0.5) is 0 Å². The minimum atomic E-state index is 0. The summed E-state index contributed by atoms with van der Waals surface area (Å²) < 4.78 is 0. The molecule has 0 nitrogen and oxygen atoms in total. The number of rotatable bonds is 3. The monoisotopic (exact) mass is 430 g/mol. The van der Waals surface area contributed by atoms with Gasteiger partial charge in [0.2, 0.25) is 0 Å². The fourth-order valence-corrected chi connectivity index (χ4v) is 5.54. The Hall–Kier alpha value is -3.12. The van der Waals surface area contributed by atoms with E-state index in [4.69, 9.17) is 0 Å². The molecular weight excluding hydrogens is 396 g/mol. The Labute approximate surface area is 199 Å². The molecule has 0 aliphatic heterocycles. The van der Waals surface area contributed by atoms with Gasteiger partial charge in [0.25, 0.3) is 0 Å². The zero-order valence-electron chi connectivity index (χ0n) is 18.7. The maximum atomic E-state index is 2.41. The smallest absolute Gasteiger partial charge is 0.0181 e. The van der Waals surface area contributed by atoms with E-state index in [0.29, 0.717) is 0 Å². The molecule has 0 fully saturated rings. The Balaban J connectivity index is 0.00000228. The zero-order valence-corrected chi connectivity index (χ0v) is 18.7. The van der Waals surface area contributed by atoms with E-state index in [1.807, 2.05) is 0 Å². The Morgan fingerprint density at radius 1 is 0.303 bits per heavy atom. The predicted molar refractivity (Wildman–Crippen MR) is 143 cm³/mol. The first-order valence-electron chi connectivity index (χ1n) is 12.3. The van der Waals surface area contributed by atoms with Crippen molar-refractivity contribution in [1.29, 1.82) is 0 Å². The van der Waals surface area contributed by atoms with Crippen molar-refractivity contribution in [2.45, 2.75) is 58.8 Å². The van der Waals surface area contributed by atoms with Crippen molar-refractivity contribution >= 4 is 0 Å². The SMILES string of the molecule is C.c1cc(-c2ccc3c(c2)CCCC3)ccc1-c1ccc(-c2ccc3c(c2)CCCC3)cc1. The molecule has 0 saturated heterocycles. The third kappa shape index (κ3) is 4.40. The van der Waals surface area contributed by atoms with Crippen LogP contribution in [-0.4, -0.2) is 0 Å². The van der Waals surface area contributed by atoms with Crippen molar-refractivity contribution in [1.82, 2.24) is 0 Å². The van der Waals surface area contributed by atoms with Gasteiger partial charge in [-0.15, -0.1) is 0 Å². The largest absolute Gasteiger partial charge is 0.0776 e. The van der Waals surface area contributed by atoms with Gasteiger partial charge in [-0.05, 0) is 107 Å². The van der Waals surface area contributed by atoms with Gasteiger partial charge in [0.05, 0.1) is 0 Å². The molecule has 33 heavy (non-hydrogen) atoms. The first kappa shape index (κ1) is 21.7. The number of fused-ring (bicyclic) bond motifs is 2. The van der Waals surface area contributed by atoms with E-state index in [-0.39, 0.29) is 7.43 Å². The molecule has 0 atom stereocenters. The Kier molecular flexibility index (Phi) is 6.18. The van der Waals surface area contributed by atoms with Gasteiger partial charge in [0.15, 0.2) is 0 Å². The summed E-state index contributed by atoms with van der Waals surface area (Å²) >= 11 is 0. The second-order valence-corrected chi connectivity index (χ2v) is 9.54. The van der Waals surface area contributed by atoms with Crippen molar-refractivity contribution in [2.24, 2.45) is 0 Å². The topological polar surface area (TPSA) is 0 Å². The molecule has 0 bridgehead atoms. The lowest BCUT2D eigenvalue weighted by molar-refractivity contribution is 0.686. The van der Waals surface area contributed by atoms with Crippen molar-refractivity contribution < 1.29 is 0 Å². The van der Waals surface area contributed by atoms with Gasteiger partial charge in [-0.25, -0.2) is 0 Å². The maximum Gasteiger partial charge on any atom is -0.0181 e. The van der Waals surface area contributed by atoms with E-state index in [1.165, 1.54) is 84.7 Å². The van der Waals surface area contributed by atoms with Gasteiger partial charge < -0.3 is 0 Å². The van der Waals surface area contributed by atoms with Crippen LogP contribution < -0.4 is 0 Å². The van der Waals surface area contributed by atoms with Gasteiger partial charge in [-0.2, -0.15) is 0 Å². The summed E-state index contributed by atoms with van der Waals surface area (Å²) in [5.41, 5.74) is 14.1. The highest BCUT2D eigenvalue weighted by atomic mass is 14.2. The maximum absolute atomic E-state index is 2.41. The molecular formula is C33H34. The summed E-state index contributed by atoms with van der Waals surface area (Å²) in [6, 6.07) is 32.3. The molecule has 0 radical (unpaired) electrons. The van der Waals surface area contributed by atoms with Crippen LogP contribution >= 0.6 is 0 Å². The van der Waals surface area contributed by atoms with Crippen LogP contribution in [0.1, 0.15) is 55.4 Å². The average molecular weight is 431 g/mol. The molecule has 0 aromatic heterocycles. The van der Waals surface area contributed by atoms with Crippen LogP contribution in [0.25, 0.3) is 33.4 Å². The molecule has 0 amide bonds. The fourth-order valence-electron chi connectivity index (χ4n) is 5.54. The quantitative estimate of drug-likeness (QED) is 0.304. The number of hydrogen-bond acceptors (Lipinski definition) is 0. The number of hydrogen-bond donors (Lipinski definition) is 0. The summed E-state index contributed by atoms with van der Waals surface area (Å²) in [5, 5.41) is 0. The summed E-state index contributed by atoms with van der Waals surface area (Å²) in [6.07, 6.45) is 10.3. The van der Waals surface area contributed by atoms with Crippen LogP contribution in [0.3, 0.4) is 0 Å². The molecule has 4 aromatic rings. The second kappa shape index (κ2) is 9.40. The molecule has 0 heteroatoms. The standard InChI is InChI=1S/C32H30.CH4/c1-3-7-29-21-31(19-17-23(29)5-1)27-13-9-25(10-14-27)26-11-15-28(16-12-26)32-20-18-24-6-2-4-8-30(24)22-32;/h9-22H,1-8H2;1H4. The summed E-state index contributed by atoms with van der Waals surface area (Å²) in [6.45, 7) is 0. The first-order valence-corrected chi connectivity index (χ1v) is 12.3. The molecule has 0 spiro atoms. The van der Waals surface area contributed by atoms with Crippen molar-refractivity contribution in [3.63, 3.8) is 0 Å². The highest BCUT2D eigenvalue weighted by molar-refractivity contribution is 5.74. The third-order valence-corrected chi connectivity index (χ3v) is 7.47. The molecule has 4 aromatic carbocycles. The molecule has 0 saturated carbocycles. The lowest BCUT2D eigenvalue weighted by Crippen LogP contribution is -2.02. The molecule has 0 N–H and O–H groups in total. The lowest BCUT2D eigenvalue weighted by atomic mass is 9.88. The van der Waals surface area contributed by atoms with Crippen LogP contribution in [0.15, 0.2) is 84.9 Å². The van der Waals surface area contributed by atoms with E-state index in [0.717, 1.165) is 0 Å². The van der Waals surface area contributed by atoms with Crippen LogP contribution in [-0.2, 0) is 25.7 Å². The Bertz CT molecular complexity index is 1140. The van der Waals surface area contributed by atoms with E-state index >= 15 is 0 Å². The molecule has 0 heterocycles. The molecule has 2 aliphatic carbocycles. The van der Waals surface area contributed by atoms with E-state index in [9.17, 15) is 0 Å². The van der Waals surface area contributed by atoms with Crippen molar-refractivity contribution in [3.8, 4) is 33.4 Å². The Morgan fingerprint density at radius 2 is 0.576 bits per heavy atom. The normalized spacial score (nSPS) is 14.7. The molecule has 6 rings (SSSR count). The van der Waals surface area contributed by atoms with Crippen LogP contribution in [0.2, 0.25) is 0 Å². The van der Waals surface area contributed by atoms with Gasteiger partial charge in [0.1, 0.15) is 0 Å². The van der Waals surface area contributed by atoms with Crippen molar-refractivity contribution in [2.75, 3.05) is 0 Å². The summed E-state index contributed by atoms with van der Waals surface area (Å²) in [4.78, 5) is 0. The third-order valence-electron chi connectivity index (χ3n) is 7.47. The minimum Gasteiger partial charge on any atom is -0.0776 e. The highest BCUT2D eigenvalue weighted by Gasteiger charge is 2.12. The summed E-state index contributed by atoms with van der Waals surface area (Å²) in [5.74, 6) is 0. The number of benzene rings is 4. The average Bonchev–Trinajstić information content (AvgIpc) is 2.88. The van der Waals surface area contributed by atoms with Gasteiger partial charge in [-0.3, -0.25) is 0 Å². The first-order chi connectivity index (χ1) is 15.8. The zero-order chi connectivity index (χ0) is 21.3. The van der Waals surface area contributed by atoms with E-state index < -0.39 is 0 Å². The number of aryl methyl sites for hydroxylation is 4. The molecule has 0 unspecified atom stereocenters. The second-order valence-electron chi connectivity index (χ2n) is 9.54. The van der Waals surface area contributed by atoms with E-state index in [1.54, 1.807) is 22.3 Å². The van der Waals surface area contributed by atoms with Crippen LogP contribution in [0.5, 0.6) is 0 Å². The predicted octanol–water partition coefficient (Wildman–Crippen LogP) is 9.08. The summed E-state index contributed by atoms with van der Waals surface area (Å²) in [7, 11) is 0.